The molecule has 1 aromatic heterocycles. The van der Waals surface area contributed by atoms with Crippen molar-refractivity contribution in [2.45, 2.75) is 71.7 Å². The van der Waals surface area contributed by atoms with Crippen LogP contribution in [0.4, 0.5) is 0 Å². The highest BCUT2D eigenvalue weighted by Crippen LogP contribution is 2.20. The van der Waals surface area contributed by atoms with Gasteiger partial charge < -0.3 is 10.4 Å². The second kappa shape index (κ2) is 7.49. The number of nitrogens with one attached hydrogen (secondary N) is 1. The fraction of sp³-hybridized carbons (Fsp3) is 0.550. The number of hydrogen-bond donors (Lipinski definition) is 2. The number of nitrogens with zero attached hydrogens (tertiary/aromatic N) is 2. The Bertz CT molecular complexity index is 667. The first-order chi connectivity index (χ1) is 11.5. The van der Waals surface area contributed by atoms with Crippen LogP contribution in [0.5, 0.6) is 0 Å². The Balaban J connectivity index is 1.64. The van der Waals surface area contributed by atoms with E-state index >= 15 is 0 Å². The van der Waals surface area contributed by atoms with Gasteiger partial charge in [-0.25, -0.2) is 0 Å². The lowest BCUT2D eigenvalue weighted by Crippen LogP contribution is -2.34. The monoisotopic (exact) mass is 327 g/mol. The van der Waals surface area contributed by atoms with Crippen LogP contribution in [-0.2, 0) is 13.1 Å². The van der Waals surface area contributed by atoms with Crippen molar-refractivity contribution in [1.29, 1.82) is 0 Å². The predicted octanol–water partition coefficient (Wildman–Crippen LogP) is 3.25. The third-order valence-electron chi connectivity index (χ3n) is 5.25. The minimum absolute atomic E-state index is 0.0937. The van der Waals surface area contributed by atoms with Gasteiger partial charge >= 0.3 is 0 Å². The van der Waals surface area contributed by atoms with Crippen LogP contribution in [0, 0.1) is 20.8 Å². The molecule has 1 heterocycles. The molecule has 1 fully saturated rings. The van der Waals surface area contributed by atoms with E-state index in [0.29, 0.717) is 6.04 Å². The Morgan fingerprint density at radius 3 is 2.42 bits per heavy atom. The molecule has 1 saturated carbocycles. The molecule has 0 radical (unpaired) electrons. The fourth-order valence-electron chi connectivity index (χ4n) is 3.54. The number of benzene rings is 1. The molecule has 1 aliphatic rings. The molecule has 0 spiro atoms. The summed E-state index contributed by atoms with van der Waals surface area (Å²) in [4.78, 5) is 0. The summed E-state index contributed by atoms with van der Waals surface area (Å²) in [6, 6.07) is 9.18. The highest BCUT2D eigenvalue weighted by Gasteiger charge is 2.20. The van der Waals surface area contributed by atoms with Gasteiger partial charge in [-0.1, -0.05) is 29.8 Å². The minimum Gasteiger partial charge on any atom is -0.393 e. The lowest BCUT2D eigenvalue weighted by atomic mass is 9.93. The molecular weight excluding hydrogens is 298 g/mol. The van der Waals surface area contributed by atoms with E-state index < -0.39 is 0 Å². The zero-order chi connectivity index (χ0) is 17.1. The Morgan fingerprint density at radius 2 is 1.75 bits per heavy atom. The topological polar surface area (TPSA) is 50.1 Å². The van der Waals surface area contributed by atoms with Crippen LogP contribution in [-0.4, -0.2) is 27.0 Å². The van der Waals surface area contributed by atoms with Gasteiger partial charge in [-0.2, -0.15) is 5.10 Å². The van der Waals surface area contributed by atoms with Crippen LogP contribution < -0.4 is 5.32 Å². The molecular formula is C20H29N3O. The molecule has 2 N–H and O–H groups in total. The van der Waals surface area contributed by atoms with Crippen molar-refractivity contribution in [2.24, 2.45) is 0 Å². The number of rotatable bonds is 5. The molecule has 1 aromatic carbocycles. The van der Waals surface area contributed by atoms with Crippen LogP contribution in [0.1, 0.15) is 53.8 Å². The average Bonchev–Trinajstić information content (AvgIpc) is 2.83. The van der Waals surface area contributed by atoms with Crippen molar-refractivity contribution in [1.82, 2.24) is 15.1 Å². The van der Waals surface area contributed by atoms with Crippen molar-refractivity contribution >= 4 is 0 Å². The van der Waals surface area contributed by atoms with E-state index in [1.807, 2.05) is 0 Å². The fourth-order valence-corrected chi connectivity index (χ4v) is 3.54. The second-order valence-corrected chi connectivity index (χ2v) is 7.18. The molecule has 0 saturated heterocycles. The molecule has 0 bridgehead atoms. The summed E-state index contributed by atoms with van der Waals surface area (Å²) in [6.07, 6.45) is 3.88. The molecule has 0 aliphatic heterocycles. The SMILES string of the molecule is Cc1ccc(Cn2nc(C)c(CNC3CCC(O)CC3)c2C)cc1. The van der Waals surface area contributed by atoms with Crippen LogP contribution >= 0.6 is 0 Å². The summed E-state index contributed by atoms with van der Waals surface area (Å²) in [5, 5.41) is 18.0. The van der Waals surface area contributed by atoms with E-state index in [-0.39, 0.29) is 6.10 Å². The van der Waals surface area contributed by atoms with Crippen LogP contribution in [0.25, 0.3) is 0 Å². The van der Waals surface area contributed by atoms with E-state index in [1.54, 1.807) is 0 Å². The maximum Gasteiger partial charge on any atom is 0.0662 e. The lowest BCUT2D eigenvalue weighted by Gasteiger charge is -2.26. The summed E-state index contributed by atoms with van der Waals surface area (Å²) >= 11 is 0. The van der Waals surface area contributed by atoms with Gasteiger partial charge in [-0.15, -0.1) is 0 Å². The van der Waals surface area contributed by atoms with Crippen LogP contribution in [0.15, 0.2) is 24.3 Å². The zero-order valence-corrected chi connectivity index (χ0v) is 15.0. The smallest absolute Gasteiger partial charge is 0.0662 e. The molecule has 0 atom stereocenters. The van der Waals surface area contributed by atoms with Gasteiger partial charge in [0.15, 0.2) is 0 Å². The highest BCUT2D eigenvalue weighted by atomic mass is 16.3. The standard InChI is InChI=1S/C20H29N3O/c1-14-4-6-17(7-5-14)13-23-16(3)20(15(2)22-23)12-21-18-8-10-19(24)11-9-18/h4-7,18-19,21,24H,8-13H2,1-3H3. The molecule has 0 unspecified atom stereocenters. The van der Waals surface area contributed by atoms with Gasteiger partial charge in [0.2, 0.25) is 0 Å². The van der Waals surface area contributed by atoms with Crippen molar-refractivity contribution in [3.8, 4) is 0 Å². The maximum absolute atomic E-state index is 9.62. The molecule has 4 heteroatoms. The van der Waals surface area contributed by atoms with Crippen molar-refractivity contribution in [2.75, 3.05) is 0 Å². The lowest BCUT2D eigenvalue weighted by molar-refractivity contribution is 0.116. The van der Waals surface area contributed by atoms with Crippen molar-refractivity contribution in [3.63, 3.8) is 0 Å². The van der Waals surface area contributed by atoms with Crippen LogP contribution in [0.2, 0.25) is 0 Å². The molecule has 24 heavy (non-hydrogen) atoms. The van der Waals surface area contributed by atoms with E-state index in [0.717, 1.165) is 44.5 Å². The van der Waals surface area contributed by atoms with E-state index in [1.165, 1.54) is 22.4 Å². The summed E-state index contributed by atoms with van der Waals surface area (Å²) < 4.78 is 2.11. The summed E-state index contributed by atoms with van der Waals surface area (Å²) in [7, 11) is 0. The van der Waals surface area contributed by atoms with Gasteiger partial charge in [0.05, 0.1) is 18.3 Å². The highest BCUT2D eigenvalue weighted by molar-refractivity contribution is 5.27. The molecule has 4 nitrogen and oxygen atoms in total. The summed E-state index contributed by atoms with van der Waals surface area (Å²) in [5.74, 6) is 0. The first kappa shape index (κ1) is 17.2. The molecule has 130 valence electrons. The van der Waals surface area contributed by atoms with Crippen LogP contribution in [0.3, 0.4) is 0 Å². The number of aliphatic hydroxyl groups excluding tert-OH is 1. The first-order valence-electron chi connectivity index (χ1n) is 9.03. The van der Waals surface area contributed by atoms with Crippen molar-refractivity contribution < 1.29 is 5.11 Å². The largest absolute Gasteiger partial charge is 0.393 e. The van der Waals surface area contributed by atoms with Gasteiger partial charge in [-0.05, 0) is 52.0 Å². The number of aryl methyl sites for hydroxylation is 2. The predicted molar refractivity (Wildman–Crippen MR) is 97.1 cm³/mol. The quantitative estimate of drug-likeness (QED) is 0.886. The normalized spacial score (nSPS) is 21.2. The van der Waals surface area contributed by atoms with E-state index in [2.05, 4.69) is 55.0 Å². The Hall–Kier alpha value is -1.65. The first-order valence-corrected chi connectivity index (χ1v) is 9.03. The molecule has 0 amide bonds. The number of aromatic nitrogens is 2. The Kier molecular flexibility index (Phi) is 5.36. The maximum atomic E-state index is 9.62. The third-order valence-corrected chi connectivity index (χ3v) is 5.25. The third kappa shape index (κ3) is 4.05. The van der Waals surface area contributed by atoms with Gasteiger partial charge in [0, 0.05) is 23.8 Å². The molecule has 2 aromatic rings. The summed E-state index contributed by atoms with van der Waals surface area (Å²) in [6.45, 7) is 8.06. The van der Waals surface area contributed by atoms with E-state index in [9.17, 15) is 5.11 Å². The Morgan fingerprint density at radius 1 is 1.08 bits per heavy atom. The molecule has 3 rings (SSSR count). The second-order valence-electron chi connectivity index (χ2n) is 7.18. The zero-order valence-electron chi connectivity index (χ0n) is 15.0. The Labute approximate surface area is 144 Å². The van der Waals surface area contributed by atoms with Crippen molar-refractivity contribution in [3.05, 3.63) is 52.3 Å². The van der Waals surface area contributed by atoms with E-state index in [4.69, 9.17) is 5.10 Å². The number of aliphatic hydroxyl groups is 1. The van der Waals surface area contributed by atoms with Gasteiger partial charge in [0.25, 0.3) is 0 Å². The minimum atomic E-state index is -0.0937. The van der Waals surface area contributed by atoms with Gasteiger partial charge in [0.1, 0.15) is 0 Å². The number of hydrogen-bond acceptors (Lipinski definition) is 3. The molecule has 1 aliphatic carbocycles. The summed E-state index contributed by atoms with van der Waals surface area (Å²) in [5.41, 5.74) is 6.24. The van der Waals surface area contributed by atoms with Gasteiger partial charge in [-0.3, -0.25) is 4.68 Å². The average molecular weight is 327 g/mol.